The highest BCUT2D eigenvalue weighted by molar-refractivity contribution is 7.89. The van der Waals surface area contributed by atoms with Crippen molar-refractivity contribution in [2.45, 2.75) is 95.5 Å². The second-order valence-corrected chi connectivity index (χ2v) is 35.1. The first kappa shape index (κ1) is 96.5. The number of fused-ring (bicyclic) bond motifs is 3. The number of nitrogens with one attached hydrogen (secondary N) is 2. The summed E-state index contributed by atoms with van der Waals surface area (Å²) in [6.07, 6.45) is 4.03. The van der Waals surface area contributed by atoms with Gasteiger partial charge in [0.1, 0.15) is 23.8 Å². The lowest BCUT2D eigenvalue weighted by Crippen LogP contribution is -2.47. The summed E-state index contributed by atoms with van der Waals surface area (Å²) in [5.41, 5.74) is 9.46. The summed E-state index contributed by atoms with van der Waals surface area (Å²) in [4.78, 5) is 130. The van der Waals surface area contributed by atoms with Gasteiger partial charge in [0, 0.05) is 124 Å². The topological polar surface area (TPSA) is 353 Å². The van der Waals surface area contributed by atoms with Crippen LogP contribution in [0.4, 0.5) is 17.1 Å². The number of aryl methyl sites for hydroxylation is 3. The second kappa shape index (κ2) is 43.5. The van der Waals surface area contributed by atoms with E-state index in [0.717, 1.165) is 89.1 Å². The Balaban J connectivity index is 0.000000163. The average Bonchev–Trinajstić information content (AvgIpc) is 1.61. The molecule has 0 saturated carbocycles. The highest BCUT2D eigenvalue weighted by Gasteiger charge is 2.47. The molecular weight excluding hydrogens is 1730 g/mol. The van der Waals surface area contributed by atoms with Crippen LogP contribution in [-0.2, 0) is 26.6 Å². The number of nitrogens with zero attached hydrogens (tertiary/aromatic N) is 12. The minimum Gasteiger partial charge on any atom is -0.493 e. The molecule has 10 aromatic rings. The molecule has 7 amide bonds. The van der Waals surface area contributed by atoms with Gasteiger partial charge < -0.3 is 72.3 Å². The van der Waals surface area contributed by atoms with Crippen LogP contribution in [-0.4, -0.2) is 259 Å². The van der Waals surface area contributed by atoms with E-state index in [0.29, 0.717) is 128 Å². The summed E-state index contributed by atoms with van der Waals surface area (Å²) in [5.74, 6) is 0.250. The average molecular weight is 1850 g/mol. The van der Waals surface area contributed by atoms with Gasteiger partial charge in [0.05, 0.1) is 117 Å². The van der Waals surface area contributed by atoms with Crippen LogP contribution in [0.1, 0.15) is 189 Å². The molecule has 6 aliphatic heterocycles. The Labute approximate surface area is 780 Å². The Morgan fingerprint density at radius 2 is 0.858 bits per heavy atom. The van der Waals surface area contributed by atoms with Crippen molar-refractivity contribution in [2.24, 2.45) is 7.05 Å². The van der Waals surface area contributed by atoms with Gasteiger partial charge in [-0.2, -0.15) is 0 Å². The first-order valence-corrected chi connectivity index (χ1v) is 46.5. The zero-order chi connectivity index (χ0) is 95.2. The molecular formula is C100H116N14O19S. The van der Waals surface area contributed by atoms with Crippen molar-refractivity contribution in [3.63, 3.8) is 0 Å². The molecule has 0 bridgehead atoms. The van der Waals surface area contributed by atoms with E-state index in [1.807, 2.05) is 60.7 Å². The van der Waals surface area contributed by atoms with Crippen molar-refractivity contribution in [1.29, 1.82) is 0 Å². The summed E-state index contributed by atoms with van der Waals surface area (Å²) in [6, 6.07) is 51.5. The molecule has 0 spiro atoms. The van der Waals surface area contributed by atoms with Gasteiger partial charge in [-0.1, -0.05) is 109 Å². The monoisotopic (exact) mass is 1850 g/mol. The molecule has 706 valence electrons. The normalized spacial score (nSPS) is 16.4. The Bertz CT molecular complexity index is 6010. The Morgan fingerprint density at radius 1 is 0.470 bits per heavy atom. The molecule has 3 fully saturated rings. The van der Waals surface area contributed by atoms with Crippen molar-refractivity contribution in [3.8, 4) is 34.5 Å². The molecule has 5 atom stereocenters. The van der Waals surface area contributed by atoms with Gasteiger partial charge >= 0.3 is 5.97 Å². The van der Waals surface area contributed by atoms with Crippen molar-refractivity contribution < 1.29 is 89.6 Å². The van der Waals surface area contributed by atoms with Crippen molar-refractivity contribution in [3.05, 3.63) is 261 Å². The number of imide groups is 3. The number of ether oxygens (including phenoxy) is 7. The largest absolute Gasteiger partial charge is 0.493 e. The lowest BCUT2D eigenvalue weighted by Gasteiger charge is -2.39. The van der Waals surface area contributed by atoms with Gasteiger partial charge in [-0.3, -0.25) is 58.1 Å². The summed E-state index contributed by atoms with van der Waals surface area (Å²) in [6.45, 7) is 20.3. The Hall–Kier alpha value is -13.5. The SMILES string of the molecule is CCN1CCN(c2cccc3c2C(=O)N([C@H](CCCOCC(=O)O)c2ccc(OC)c(OC)c2)C3=O)CC1.COc1ccc([C@@H](CCNC(=O)c2cnoc2C)N2C(=O)c3cccc(N4CCN([C@H](C)c5ccccc5)CC4)c3C2=O)cc1OC.COc1ccc([C@@H](CCNS(=O)(=O)c2cn(C)c(C)n2)N2C(=O)c3cccc(N4CCN([C@H](C)c5ccccc5)CC4)c3C2=O)cc1OC. The number of rotatable bonds is 35. The fourth-order valence-corrected chi connectivity index (χ4v) is 19.5. The number of aliphatic carboxylic acids is 1. The molecule has 134 heavy (non-hydrogen) atoms. The highest BCUT2D eigenvalue weighted by Crippen LogP contribution is 2.46. The van der Waals surface area contributed by atoms with E-state index in [-0.39, 0.29) is 79.2 Å². The number of anilines is 3. The molecule has 0 radical (unpaired) electrons. The maximum atomic E-state index is 14.4. The number of carbonyl (C=O) groups is 8. The summed E-state index contributed by atoms with van der Waals surface area (Å²) in [7, 11) is 6.96. The molecule has 0 aliphatic carbocycles. The number of piperazine rings is 3. The Morgan fingerprint density at radius 3 is 1.22 bits per heavy atom. The smallest absolute Gasteiger partial charge is 0.329 e. The second-order valence-electron chi connectivity index (χ2n) is 33.4. The van der Waals surface area contributed by atoms with E-state index < -0.39 is 52.5 Å². The van der Waals surface area contributed by atoms with Gasteiger partial charge in [0.15, 0.2) is 39.5 Å². The molecule has 3 saturated heterocycles. The van der Waals surface area contributed by atoms with E-state index in [4.69, 9.17) is 42.8 Å². The maximum absolute atomic E-state index is 14.4. The molecule has 2 aromatic heterocycles. The highest BCUT2D eigenvalue weighted by atomic mass is 32.2. The van der Waals surface area contributed by atoms with Gasteiger partial charge in [-0.05, 0) is 161 Å². The van der Waals surface area contributed by atoms with E-state index >= 15 is 0 Å². The van der Waals surface area contributed by atoms with Gasteiger partial charge in [0.2, 0.25) is 0 Å². The number of imidazole rings is 1. The van der Waals surface area contributed by atoms with Crippen molar-refractivity contribution in [2.75, 3.05) is 169 Å². The van der Waals surface area contributed by atoms with Crippen molar-refractivity contribution >= 4 is 74.4 Å². The number of likely N-dealkylation sites (N-methyl/N-ethyl adjacent to an activating group) is 1. The lowest BCUT2D eigenvalue weighted by atomic mass is 9.99. The van der Waals surface area contributed by atoms with Gasteiger partial charge in [-0.15, -0.1) is 0 Å². The summed E-state index contributed by atoms with van der Waals surface area (Å²) >= 11 is 0. The number of amides is 7. The molecule has 33 nitrogen and oxygen atoms in total. The predicted octanol–water partition coefficient (Wildman–Crippen LogP) is 12.4. The van der Waals surface area contributed by atoms with Crippen LogP contribution < -0.4 is 53.2 Å². The third kappa shape index (κ3) is 20.8. The first-order valence-electron chi connectivity index (χ1n) is 45.0. The number of carboxylic acids is 1. The van der Waals surface area contributed by atoms with Crippen molar-refractivity contribution in [1.82, 2.24) is 54.1 Å². The first-order chi connectivity index (χ1) is 64.7. The quantitative estimate of drug-likeness (QED) is 0.0245. The number of aromatic nitrogens is 3. The van der Waals surface area contributed by atoms with E-state index in [9.17, 15) is 46.8 Å². The van der Waals surface area contributed by atoms with Crippen LogP contribution in [0.5, 0.6) is 34.5 Å². The minimum atomic E-state index is -3.94. The molecule has 3 N–H and O–H groups in total. The number of methoxy groups -OCH3 is 6. The third-order valence-electron chi connectivity index (χ3n) is 26.0. The number of benzene rings is 8. The number of carboxylic acid groups (broad SMARTS) is 1. The molecule has 16 rings (SSSR count). The molecule has 34 heteroatoms. The fourth-order valence-electron chi connectivity index (χ4n) is 18.4. The van der Waals surface area contributed by atoms with E-state index in [1.165, 1.54) is 66.7 Å². The fraction of sp³-hybridized carbons (Fsp3) is 0.380. The molecule has 8 heterocycles. The summed E-state index contributed by atoms with van der Waals surface area (Å²) in [5, 5.41) is 15.3. The van der Waals surface area contributed by atoms with Crippen LogP contribution in [0, 0.1) is 13.8 Å². The van der Waals surface area contributed by atoms with Gasteiger partial charge in [0.25, 0.3) is 51.4 Å². The lowest BCUT2D eigenvalue weighted by molar-refractivity contribution is -0.142. The van der Waals surface area contributed by atoms with Crippen LogP contribution in [0.15, 0.2) is 192 Å². The number of hydrogen-bond acceptors (Lipinski definition) is 26. The standard InChI is InChI=1S/C36H42N6O6S.C36H39N5O6.C28H35N3O7/c1-24(26-10-7-6-8-11-26)40-18-20-41(21-19-40)30-13-9-12-28-34(30)36(44)42(35(28)43)29(27-14-15-31(47-4)32(22-27)48-5)16-17-37-49(45,46)33-23-39(3)25(2)38-33;1-23(25-9-6-5-7-10-25)39-17-19-40(20-18-39)30-12-8-11-27-33(30)36(44)41(35(27)43)29(26-13-14-31(45-3)32(21-26)46-4)15-16-37-34(42)28-22-38-47-24(28)2;1-4-29-12-14-30(15-13-29)22-8-5-7-20-26(22)28(35)31(27(20)34)21(9-6-16-38-18-25(32)33)19-10-11-23(36-2)24(17-19)37-3/h6-15,22-24,29,37H,16-21H2,1-5H3;5-14,21-23,29H,15-20H2,1-4H3,(H,37,42);5,7-8,10-11,17,21H,4,6,9,12-16,18H2,1-3H3,(H,32,33)/t24-,29-;23-,29-;21-/m111/s1. The van der Waals surface area contributed by atoms with E-state index in [1.54, 1.807) is 100 Å². The number of hydrogen-bond donors (Lipinski definition) is 3. The maximum Gasteiger partial charge on any atom is 0.329 e. The van der Waals surface area contributed by atoms with Crippen LogP contribution in [0.3, 0.4) is 0 Å². The number of sulfonamides is 1. The summed E-state index contributed by atoms with van der Waals surface area (Å²) < 4.78 is 73.5. The Kier molecular flexibility index (Phi) is 31.3. The molecule has 0 unspecified atom stereocenters. The van der Waals surface area contributed by atoms with Gasteiger partial charge in [-0.25, -0.2) is 22.9 Å². The van der Waals surface area contributed by atoms with Crippen LogP contribution in [0.2, 0.25) is 0 Å². The van der Waals surface area contributed by atoms with Crippen LogP contribution in [0.25, 0.3) is 0 Å². The third-order valence-corrected chi connectivity index (χ3v) is 27.3. The predicted molar refractivity (Wildman–Crippen MR) is 503 cm³/mol. The molecule has 8 aromatic carbocycles. The van der Waals surface area contributed by atoms with Crippen LogP contribution >= 0.6 is 0 Å². The van der Waals surface area contributed by atoms with E-state index in [2.05, 4.69) is 119 Å². The zero-order valence-corrected chi connectivity index (χ0v) is 78.4. The zero-order valence-electron chi connectivity index (χ0n) is 77.6. The minimum absolute atomic E-state index is 0.0568. The molecule has 6 aliphatic rings. The number of carbonyl (C=O) groups excluding carboxylic acids is 7.